The van der Waals surface area contributed by atoms with E-state index in [1.165, 1.54) is 15.5 Å². The maximum atomic E-state index is 13.7. The third kappa shape index (κ3) is 5.02. The van der Waals surface area contributed by atoms with E-state index in [1.807, 2.05) is 0 Å². The third-order valence-electron chi connectivity index (χ3n) is 6.02. The van der Waals surface area contributed by atoms with Crippen molar-refractivity contribution in [3.05, 3.63) is 66.4 Å². The van der Waals surface area contributed by atoms with E-state index in [-0.39, 0.29) is 31.4 Å². The molecule has 0 spiro atoms. The lowest BCUT2D eigenvalue weighted by atomic mass is 10.2. The highest BCUT2D eigenvalue weighted by Gasteiger charge is 2.33. The number of hydrogen-bond acceptors (Lipinski definition) is 7. The predicted octanol–water partition coefficient (Wildman–Crippen LogP) is 2.74. The summed E-state index contributed by atoms with van der Waals surface area (Å²) in [6.07, 6.45) is 0.464. The van der Waals surface area contributed by atoms with Crippen molar-refractivity contribution in [3.63, 3.8) is 0 Å². The first-order chi connectivity index (χ1) is 17.7. The minimum Gasteiger partial charge on any atom is -0.415 e. The Balaban J connectivity index is 1.43. The number of amides is 1. The number of pyridine rings is 1. The molecule has 1 amide bonds. The molecule has 1 saturated heterocycles. The van der Waals surface area contributed by atoms with Gasteiger partial charge >= 0.3 is 16.6 Å². The van der Waals surface area contributed by atoms with Crippen LogP contribution in [0, 0.1) is 0 Å². The average molecular weight is 532 g/mol. The van der Waals surface area contributed by atoms with Crippen molar-refractivity contribution in [2.45, 2.75) is 19.9 Å². The predicted molar refractivity (Wildman–Crippen MR) is 129 cm³/mol. The maximum absolute atomic E-state index is 13.7. The molecule has 4 aromatic rings. The number of hydrogen-bond donors (Lipinski definition) is 0. The van der Waals surface area contributed by atoms with E-state index in [2.05, 4.69) is 15.2 Å². The Kier molecular flexibility index (Phi) is 6.60. The lowest BCUT2D eigenvalue weighted by molar-refractivity contribution is -0.129. The monoisotopic (exact) mass is 531 g/mol. The minimum absolute atomic E-state index is 0.0492. The molecular weight excluding hydrogens is 508 g/mol. The topological polar surface area (TPSA) is 117 Å². The molecule has 1 aromatic carbocycles. The molecule has 1 aliphatic rings. The van der Waals surface area contributed by atoms with Crippen molar-refractivity contribution >= 4 is 27.5 Å². The highest BCUT2D eigenvalue weighted by atomic mass is 32.2. The largest absolute Gasteiger partial charge is 0.415 e. The van der Waals surface area contributed by atoms with Gasteiger partial charge in [-0.2, -0.15) is 21.5 Å². The summed E-state index contributed by atoms with van der Waals surface area (Å²) >= 11 is 0. The molecule has 0 aliphatic carbocycles. The fourth-order valence-electron chi connectivity index (χ4n) is 4.10. The van der Waals surface area contributed by atoms with E-state index >= 15 is 0 Å². The SMILES string of the molecule is CC(=O)N1CCN(S(=O)(=O)N(Cc2cn3ccc(-c4nnc(C(F)F)o4)cc3n2)c2ccccc2)CC1. The lowest BCUT2D eigenvalue weighted by Gasteiger charge is -2.36. The zero-order chi connectivity index (χ0) is 26.2. The highest BCUT2D eigenvalue weighted by Crippen LogP contribution is 2.26. The summed E-state index contributed by atoms with van der Waals surface area (Å²) in [5, 5.41) is 7.00. The first kappa shape index (κ1) is 24.8. The molecule has 3 aromatic heterocycles. The van der Waals surface area contributed by atoms with Crippen molar-refractivity contribution < 1.29 is 26.4 Å². The van der Waals surface area contributed by atoms with Crippen molar-refractivity contribution in [1.29, 1.82) is 0 Å². The van der Waals surface area contributed by atoms with Gasteiger partial charge in [0.15, 0.2) is 0 Å². The van der Waals surface area contributed by atoms with Gasteiger partial charge in [-0.25, -0.2) is 4.98 Å². The summed E-state index contributed by atoms with van der Waals surface area (Å²) < 4.78 is 62.4. The van der Waals surface area contributed by atoms with Crippen LogP contribution in [0.25, 0.3) is 17.1 Å². The molecule has 37 heavy (non-hydrogen) atoms. The van der Waals surface area contributed by atoms with Gasteiger partial charge in [0.05, 0.1) is 17.9 Å². The number of fused-ring (bicyclic) bond motifs is 1. The van der Waals surface area contributed by atoms with Crippen LogP contribution in [0.15, 0.2) is 59.3 Å². The molecular formula is C23H23F2N7O4S. The summed E-state index contributed by atoms with van der Waals surface area (Å²) in [7, 11) is -3.94. The van der Waals surface area contributed by atoms with E-state index < -0.39 is 22.5 Å². The van der Waals surface area contributed by atoms with Crippen LogP contribution >= 0.6 is 0 Å². The number of aromatic nitrogens is 4. The number of nitrogens with zero attached hydrogens (tertiary/aromatic N) is 7. The normalized spacial score (nSPS) is 15.0. The Morgan fingerprint density at radius 3 is 2.49 bits per heavy atom. The summed E-state index contributed by atoms with van der Waals surface area (Å²) in [4.78, 5) is 17.8. The van der Waals surface area contributed by atoms with E-state index in [1.54, 1.807) is 64.2 Å². The van der Waals surface area contributed by atoms with Crippen LogP contribution in [-0.4, -0.2) is 69.3 Å². The number of para-hydroxylation sites is 1. The van der Waals surface area contributed by atoms with Crippen LogP contribution < -0.4 is 4.31 Å². The van der Waals surface area contributed by atoms with Crippen LogP contribution in [0.1, 0.15) is 24.9 Å². The third-order valence-corrected chi connectivity index (χ3v) is 7.94. The zero-order valence-electron chi connectivity index (χ0n) is 19.7. The van der Waals surface area contributed by atoms with E-state index in [9.17, 15) is 22.0 Å². The van der Waals surface area contributed by atoms with Gasteiger partial charge in [-0.05, 0) is 24.3 Å². The number of imidazole rings is 1. The molecule has 0 unspecified atom stereocenters. The van der Waals surface area contributed by atoms with Gasteiger partial charge in [-0.3, -0.25) is 9.10 Å². The van der Waals surface area contributed by atoms with E-state index in [4.69, 9.17) is 4.42 Å². The van der Waals surface area contributed by atoms with Crippen molar-refractivity contribution in [2.24, 2.45) is 0 Å². The summed E-state index contributed by atoms with van der Waals surface area (Å²) in [6, 6.07) is 11.9. The molecule has 5 rings (SSSR count). The maximum Gasteiger partial charge on any atom is 0.314 e. The highest BCUT2D eigenvalue weighted by molar-refractivity contribution is 7.90. The van der Waals surface area contributed by atoms with Crippen LogP contribution in [0.3, 0.4) is 0 Å². The van der Waals surface area contributed by atoms with Crippen LogP contribution in [0.4, 0.5) is 14.5 Å². The molecule has 0 radical (unpaired) electrons. The number of halogens is 2. The minimum atomic E-state index is -3.94. The molecule has 0 saturated carbocycles. The molecule has 4 heterocycles. The summed E-state index contributed by atoms with van der Waals surface area (Å²) in [5.41, 5.74) is 1.79. The summed E-state index contributed by atoms with van der Waals surface area (Å²) in [5.74, 6) is -0.931. The van der Waals surface area contributed by atoms with Gasteiger partial charge in [0.25, 0.3) is 5.89 Å². The fourth-order valence-corrected chi connectivity index (χ4v) is 5.69. The molecule has 14 heteroatoms. The number of carbonyl (C=O) groups excluding carboxylic acids is 1. The number of anilines is 1. The smallest absolute Gasteiger partial charge is 0.314 e. The Hall–Kier alpha value is -3.91. The quantitative estimate of drug-likeness (QED) is 0.360. The van der Waals surface area contributed by atoms with E-state index in [0.29, 0.717) is 35.7 Å². The summed E-state index contributed by atoms with van der Waals surface area (Å²) in [6.45, 7) is 2.42. The number of carbonyl (C=O) groups is 1. The lowest BCUT2D eigenvalue weighted by Crippen LogP contribution is -2.53. The Morgan fingerprint density at radius 1 is 1.11 bits per heavy atom. The average Bonchev–Trinajstić information content (AvgIpc) is 3.54. The zero-order valence-corrected chi connectivity index (χ0v) is 20.6. The molecule has 11 nitrogen and oxygen atoms in total. The molecule has 0 atom stereocenters. The fraction of sp³-hybridized carbons (Fsp3) is 0.304. The van der Waals surface area contributed by atoms with Gasteiger partial charge in [0.2, 0.25) is 11.8 Å². The number of alkyl halides is 2. The van der Waals surface area contributed by atoms with Gasteiger partial charge in [0.1, 0.15) is 5.65 Å². The first-order valence-corrected chi connectivity index (χ1v) is 12.8. The Labute approximate surface area is 211 Å². The van der Waals surface area contributed by atoms with Crippen molar-refractivity contribution in [1.82, 2.24) is 28.8 Å². The van der Waals surface area contributed by atoms with Crippen molar-refractivity contribution in [3.8, 4) is 11.5 Å². The first-order valence-electron chi connectivity index (χ1n) is 11.4. The van der Waals surface area contributed by atoms with Crippen LogP contribution in [-0.2, 0) is 21.5 Å². The second-order valence-corrected chi connectivity index (χ2v) is 10.3. The molecule has 1 aliphatic heterocycles. The van der Waals surface area contributed by atoms with Crippen LogP contribution in [0.2, 0.25) is 0 Å². The Bertz CT molecular complexity index is 1520. The van der Waals surface area contributed by atoms with Crippen LogP contribution in [0.5, 0.6) is 0 Å². The van der Waals surface area contributed by atoms with Gasteiger partial charge in [-0.15, -0.1) is 10.2 Å². The number of rotatable bonds is 7. The molecule has 1 fully saturated rings. The number of benzene rings is 1. The van der Waals surface area contributed by atoms with E-state index in [0.717, 1.165) is 0 Å². The van der Waals surface area contributed by atoms with Gasteiger partial charge < -0.3 is 13.7 Å². The second kappa shape index (κ2) is 9.86. The molecule has 0 bridgehead atoms. The standard InChI is InChI=1S/C23H23F2N7O4S/c1-16(33)29-9-11-31(12-10-29)37(34,35)32(19-5-3-2-4-6-19)15-18-14-30-8-7-17(13-20(30)26-18)22-27-28-23(36-22)21(24)25/h2-8,13-14,21H,9-12,15H2,1H3. The van der Waals surface area contributed by atoms with Gasteiger partial charge in [0, 0.05) is 51.1 Å². The van der Waals surface area contributed by atoms with Gasteiger partial charge in [-0.1, -0.05) is 18.2 Å². The second-order valence-electron chi connectivity index (χ2n) is 8.41. The Morgan fingerprint density at radius 2 is 1.84 bits per heavy atom. The number of piperazine rings is 1. The molecule has 0 N–H and O–H groups in total. The molecule has 194 valence electrons. The van der Waals surface area contributed by atoms with Crippen molar-refractivity contribution in [2.75, 3.05) is 30.5 Å².